The van der Waals surface area contributed by atoms with Crippen molar-refractivity contribution in [2.24, 2.45) is 0 Å². The molecule has 4 nitrogen and oxygen atoms in total. The topological polar surface area (TPSA) is 60.4 Å². The molecule has 110 valence electrons. The van der Waals surface area contributed by atoms with Gasteiger partial charge in [-0.2, -0.15) is 8.42 Å². The second-order valence-electron chi connectivity index (χ2n) is 4.20. The van der Waals surface area contributed by atoms with Crippen LogP contribution in [0.4, 0.5) is 4.39 Å². The van der Waals surface area contributed by atoms with Gasteiger partial charge in [0, 0.05) is 5.56 Å². The van der Waals surface area contributed by atoms with Gasteiger partial charge in [0.1, 0.15) is 16.5 Å². The molecule has 0 N–H and O–H groups in total. The van der Waals surface area contributed by atoms with E-state index in [2.05, 4.69) is 0 Å². The van der Waals surface area contributed by atoms with Gasteiger partial charge in [-0.3, -0.25) is 4.79 Å². The summed E-state index contributed by atoms with van der Waals surface area (Å²) >= 11 is 5.71. The lowest BCUT2D eigenvalue weighted by Gasteiger charge is -2.09. The number of carbonyl (C=O) groups excluding carboxylic acids is 1. The standard InChI is InChI=1S/C14H10ClFO4S/c1-9(17)10-3-2-4-12(7-10)20-21(18,19)14-6-5-11(16)8-13(14)15/h2-8H,1H3. The molecule has 7 heteroatoms. The third-order valence-electron chi connectivity index (χ3n) is 2.61. The molecule has 0 aliphatic rings. The van der Waals surface area contributed by atoms with E-state index in [-0.39, 0.29) is 21.5 Å². The van der Waals surface area contributed by atoms with Crippen molar-refractivity contribution in [1.29, 1.82) is 0 Å². The Labute approximate surface area is 126 Å². The summed E-state index contributed by atoms with van der Waals surface area (Å²) in [5, 5.41) is -0.280. The van der Waals surface area contributed by atoms with Crippen LogP contribution in [0.2, 0.25) is 5.02 Å². The van der Waals surface area contributed by atoms with Gasteiger partial charge in [0.15, 0.2) is 5.78 Å². The van der Waals surface area contributed by atoms with Gasteiger partial charge in [-0.1, -0.05) is 23.7 Å². The van der Waals surface area contributed by atoms with Crippen LogP contribution in [0.25, 0.3) is 0 Å². The summed E-state index contributed by atoms with van der Waals surface area (Å²) in [7, 11) is -4.21. The molecule has 0 amide bonds. The SMILES string of the molecule is CC(=O)c1cccc(OS(=O)(=O)c2ccc(F)cc2Cl)c1. The highest BCUT2D eigenvalue weighted by Gasteiger charge is 2.21. The van der Waals surface area contributed by atoms with Gasteiger partial charge >= 0.3 is 10.1 Å². The molecule has 0 atom stereocenters. The van der Waals surface area contributed by atoms with Crippen LogP contribution in [0.3, 0.4) is 0 Å². The molecule has 0 unspecified atom stereocenters. The second kappa shape index (κ2) is 5.83. The molecule has 2 aromatic carbocycles. The van der Waals surface area contributed by atoms with E-state index in [1.165, 1.54) is 31.2 Å². The van der Waals surface area contributed by atoms with Gasteiger partial charge < -0.3 is 4.18 Å². The number of rotatable bonds is 4. The number of Topliss-reactive ketones (excluding diaryl/α,β-unsaturated/α-hetero) is 1. The second-order valence-corrected chi connectivity index (χ2v) is 6.12. The van der Waals surface area contributed by atoms with E-state index in [9.17, 15) is 17.6 Å². The van der Waals surface area contributed by atoms with Crippen LogP contribution >= 0.6 is 11.6 Å². The Bertz CT molecular complexity index is 802. The van der Waals surface area contributed by atoms with Crippen molar-refractivity contribution in [3.8, 4) is 5.75 Å². The summed E-state index contributed by atoms with van der Waals surface area (Å²) in [5.41, 5.74) is 0.313. The van der Waals surface area contributed by atoms with Crippen molar-refractivity contribution in [2.45, 2.75) is 11.8 Å². The molecule has 0 fully saturated rings. The van der Waals surface area contributed by atoms with Crippen LogP contribution in [0.5, 0.6) is 5.75 Å². The van der Waals surface area contributed by atoms with Crippen molar-refractivity contribution in [2.75, 3.05) is 0 Å². The van der Waals surface area contributed by atoms with E-state index in [1.807, 2.05) is 0 Å². The van der Waals surface area contributed by atoms with Crippen LogP contribution in [0.1, 0.15) is 17.3 Å². The molecule has 2 aromatic rings. The summed E-state index contributed by atoms with van der Waals surface area (Å²) in [6, 6.07) is 8.58. The Balaban J connectivity index is 2.37. The van der Waals surface area contributed by atoms with Crippen LogP contribution in [0.15, 0.2) is 47.4 Å². The fourth-order valence-corrected chi connectivity index (χ4v) is 3.05. The molecule has 0 radical (unpaired) electrons. The van der Waals surface area contributed by atoms with E-state index in [0.29, 0.717) is 5.56 Å². The molecule has 0 saturated heterocycles. The van der Waals surface area contributed by atoms with Gasteiger partial charge in [-0.25, -0.2) is 4.39 Å². The molecule has 0 aliphatic carbocycles. The van der Waals surface area contributed by atoms with Crippen molar-refractivity contribution in [3.63, 3.8) is 0 Å². The van der Waals surface area contributed by atoms with Gasteiger partial charge in [-0.05, 0) is 37.3 Å². The minimum Gasteiger partial charge on any atom is -0.379 e. The monoisotopic (exact) mass is 328 g/mol. The Hall–Kier alpha value is -1.92. The molecule has 2 rings (SSSR count). The Morgan fingerprint density at radius 1 is 1.19 bits per heavy atom. The largest absolute Gasteiger partial charge is 0.379 e. The highest BCUT2D eigenvalue weighted by atomic mass is 35.5. The molecular formula is C14H10ClFO4S. The Morgan fingerprint density at radius 3 is 2.52 bits per heavy atom. The number of ketones is 1. The quantitative estimate of drug-likeness (QED) is 0.637. The van der Waals surface area contributed by atoms with E-state index in [0.717, 1.165) is 18.2 Å². The summed E-state index contributed by atoms with van der Waals surface area (Å²) < 4.78 is 42.1. The van der Waals surface area contributed by atoms with Crippen molar-refractivity contribution < 1.29 is 21.8 Å². The third kappa shape index (κ3) is 3.59. The fourth-order valence-electron chi connectivity index (χ4n) is 1.62. The molecule has 0 heterocycles. The van der Waals surface area contributed by atoms with Crippen molar-refractivity contribution in [1.82, 2.24) is 0 Å². The van der Waals surface area contributed by atoms with Crippen LogP contribution in [-0.2, 0) is 10.1 Å². The summed E-state index contributed by atoms with van der Waals surface area (Å²) in [4.78, 5) is 10.9. The summed E-state index contributed by atoms with van der Waals surface area (Å²) in [6.07, 6.45) is 0. The minimum absolute atomic E-state index is 0.0249. The maximum Gasteiger partial charge on any atom is 0.340 e. The fraction of sp³-hybridized carbons (Fsp3) is 0.0714. The zero-order chi connectivity index (χ0) is 15.6. The van der Waals surface area contributed by atoms with Gasteiger partial charge in [0.2, 0.25) is 0 Å². The highest BCUT2D eigenvalue weighted by molar-refractivity contribution is 7.87. The lowest BCUT2D eigenvalue weighted by Crippen LogP contribution is -2.11. The Morgan fingerprint density at radius 2 is 1.90 bits per heavy atom. The van der Waals surface area contributed by atoms with E-state index in [4.69, 9.17) is 15.8 Å². The zero-order valence-corrected chi connectivity index (χ0v) is 12.4. The number of hydrogen-bond acceptors (Lipinski definition) is 4. The summed E-state index contributed by atoms with van der Waals surface area (Å²) in [6.45, 7) is 1.35. The number of carbonyl (C=O) groups is 1. The molecular weight excluding hydrogens is 319 g/mol. The number of hydrogen-bond donors (Lipinski definition) is 0. The van der Waals surface area contributed by atoms with Gasteiger partial charge in [-0.15, -0.1) is 0 Å². The first-order chi connectivity index (χ1) is 9.79. The average molecular weight is 329 g/mol. The first-order valence-electron chi connectivity index (χ1n) is 5.80. The first-order valence-corrected chi connectivity index (χ1v) is 7.59. The third-order valence-corrected chi connectivity index (χ3v) is 4.34. The first kappa shape index (κ1) is 15.5. The predicted molar refractivity (Wildman–Crippen MR) is 75.7 cm³/mol. The molecule has 0 spiro atoms. The van der Waals surface area contributed by atoms with E-state index < -0.39 is 15.9 Å². The lowest BCUT2D eigenvalue weighted by molar-refractivity contribution is 0.101. The van der Waals surface area contributed by atoms with Crippen LogP contribution in [-0.4, -0.2) is 14.2 Å². The van der Waals surface area contributed by atoms with E-state index in [1.54, 1.807) is 0 Å². The average Bonchev–Trinajstić information content (AvgIpc) is 2.37. The highest BCUT2D eigenvalue weighted by Crippen LogP contribution is 2.26. The normalized spacial score (nSPS) is 11.2. The maximum absolute atomic E-state index is 12.9. The van der Waals surface area contributed by atoms with Crippen molar-refractivity contribution in [3.05, 3.63) is 58.9 Å². The summed E-state index contributed by atoms with van der Waals surface area (Å²) in [5.74, 6) is -0.904. The van der Waals surface area contributed by atoms with E-state index >= 15 is 0 Å². The maximum atomic E-state index is 12.9. The lowest BCUT2D eigenvalue weighted by atomic mass is 10.1. The predicted octanol–water partition coefficient (Wildman–Crippen LogP) is 3.45. The van der Waals surface area contributed by atoms with Gasteiger partial charge in [0.25, 0.3) is 0 Å². The Kier molecular flexibility index (Phi) is 4.29. The molecule has 21 heavy (non-hydrogen) atoms. The van der Waals surface area contributed by atoms with Crippen LogP contribution in [0, 0.1) is 5.82 Å². The minimum atomic E-state index is -4.21. The van der Waals surface area contributed by atoms with Crippen molar-refractivity contribution >= 4 is 27.5 Å². The number of halogens is 2. The smallest absolute Gasteiger partial charge is 0.340 e. The van der Waals surface area contributed by atoms with Gasteiger partial charge in [0.05, 0.1) is 5.02 Å². The molecule has 0 bridgehead atoms. The molecule has 0 aliphatic heterocycles. The zero-order valence-electron chi connectivity index (χ0n) is 10.8. The molecule has 0 saturated carbocycles. The van der Waals surface area contributed by atoms with Crippen LogP contribution < -0.4 is 4.18 Å². The molecule has 0 aromatic heterocycles. The number of benzene rings is 2.